The van der Waals surface area contributed by atoms with Gasteiger partial charge in [-0.3, -0.25) is 0 Å². The van der Waals surface area contributed by atoms with Crippen molar-refractivity contribution < 1.29 is 12.8 Å². The van der Waals surface area contributed by atoms with E-state index < -0.39 is 20.9 Å². The van der Waals surface area contributed by atoms with Crippen LogP contribution in [0.15, 0.2) is 12.1 Å². The Labute approximate surface area is 131 Å². The number of hydrogen-bond acceptors (Lipinski definition) is 3. The van der Waals surface area contributed by atoms with Gasteiger partial charge < -0.3 is 4.57 Å². The molecule has 4 nitrogen and oxygen atoms in total. The van der Waals surface area contributed by atoms with Crippen molar-refractivity contribution in [1.29, 1.82) is 0 Å². The third-order valence-electron chi connectivity index (χ3n) is 3.84. The molecule has 2 heterocycles. The van der Waals surface area contributed by atoms with Gasteiger partial charge in [0.2, 0.25) is 0 Å². The van der Waals surface area contributed by atoms with Crippen LogP contribution in [0.4, 0.5) is 4.39 Å². The van der Waals surface area contributed by atoms with Crippen molar-refractivity contribution in [2.24, 2.45) is 0 Å². The minimum atomic E-state index is -3.07. The first-order chi connectivity index (χ1) is 9.92. The first-order valence-electron chi connectivity index (χ1n) is 6.54. The van der Waals surface area contributed by atoms with E-state index in [9.17, 15) is 12.8 Å². The molecule has 8 heteroatoms. The van der Waals surface area contributed by atoms with Gasteiger partial charge in [-0.2, -0.15) is 0 Å². The van der Waals surface area contributed by atoms with Crippen molar-refractivity contribution in [1.82, 2.24) is 9.55 Å². The molecular formula is C13H13Cl2FN2O2S. The molecule has 0 aliphatic carbocycles. The summed E-state index contributed by atoms with van der Waals surface area (Å²) in [5, 5.41) is -0.459. The smallest absolute Gasteiger partial charge is 0.154 e. The Hall–Kier alpha value is -0.850. The van der Waals surface area contributed by atoms with Crippen molar-refractivity contribution >= 4 is 44.1 Å². The minimum absolute atomic E-state index is 0.0148. The highest BCUT2D eigenvalue weighted by Gasteiger charge is 2.32. The van der Waals surface area contributed by atoms with E-state index in [0.717, 1.165) is 0 Å². The molecule has 3 rings (SSSR count). The zero-order chi connectivity index (χ0) is 15.2. The summed E-state index contributed by atoms with van der Waals surface area (Å²) in [4.78, 5) is 4.26. The average molecular weight is 351 g/mol. The molecule has 1 aliphatic rings. The molecule has 2 aromatic rings. The number of benzene rings is 1. The number of fused-ring (bicyclic) bond motifs is 1. The molecule has 0 amide bonds. The number of halogens is 3. The monoisotopic (exact) mass is 350 g/mol. The molecule has 1 atom stereocenters. The van der Waals surface area contributed by atoms with Gasteiger partial charge in [0, 0.05) is 12.6 Å². The predicted molar refractivity (Wildman–Crippen MR) is 81.1 cm³/mol. The molecule has 1 fully saturated rings. The second kappa shape index (κ2) is 5.41. The lowest BCUT2D eigenvalue weighted by Crippen LogP contribution is -2.23. The molecular weight excluding hydrogens is 338 g/mol. The summed E-state index contributed by atoms with van der Waals surface area (Å²) in [6, 6.07) is 2.71. The van der Waals surface area contributed by atoms with Crippen LogP contribution in [0.5, 0.6) is 0 Å². The lowest BCUT2D eigenvalue weighted by atomic mass is 10.2. The first kappa shape index (κ1) is 15.1. The number of alkyl halides is 1. The molecule has 1 unspecified atom stereocenters. The van der Waals surface area contributed by atoms with Crippen LogP contribution in [0.3, 0.4) is 0 Å². The van der Waals surface area contributed by atoms with Crippen LogP contribution in [-0.4, -0.2) is 29.0 Å². The van der Waals surface area contributed by atoms with Crippen molar-refractivity contribution in [3.05, 3.63) is 28.8 Å². The van der Waals surface area contributed by atoms with Gasteiger partial charge in [-0.1, -0.05) is 11.6 Å². The van der Waals surface area contributed by atoms with Gasteiger partial charge in [-0.15, -0.1) is 11.6 Å². The van der Waals surface area contributed by atoms with E-state index in [0.29, 0.717) is 29.7 Å². The maximum Gasteiger partial charge on any atom is 0.154 e. The highest BCUT2D eigenvalue weighted by molar-refractivity contribution is 7.92. The summed E-state index contributed by atoms with van der Waals surface area (Å²) in [5.74, 6) is 0.315. The van der Waals surface area contributed by atoms with E-state index in [4.69, 9.17) is 23.2 Å². The Kier molecular flexibility index (Phi) is 3.88. The summed E-state index contributed by atoms with van der Waals surface area (Å²) in [5.41, 5.74) is 1.04. The lowest BCUT2D eigenvalue weighted by Gasteiger charge is -2.13. The maximum absolute atomic E-state index is 13.5. The highest BCUT2D eigenvalue weighted by Crippen LogP contribution is 2.28. The van der Waals surface area contributed by atoms with Gasteiger partial charge in [0.1, 0.15) is 11.6 Å². The normalized spacial score (nSPS) is 21.2. The van der Waals surface area contributed by atoms with E-state index in [1.54, 1.807) is 4.57 Å². The molecule has 0 spiro atoms. The third kappa shape index (κ3) is 2.64. The Morgan fingerprint density at radius 2 is 2.19 bits per heavy atom. The fourth-order valence-electron chi connectivity index (χ4n) is 2.74. The predicted octanol–water partition coefficient (Wildman–Crippen LogP) is 3.14. The molecule has 1 aromatic carbocycles. The number of nitrogens with zero attached hydrogens (tertiary/aromatic N) is 2. The molecule has 0 saturated carbocycles. The fraction of sp³-hybridized carbons (Fsp3) is 0.462. The zero-order valence-corrected chi connectivity index (χ0v) is 13.3. The van der Waals surface area contributed by atoms with Crippen LogP contribution in [0, 0.1) is 5.82 Å². The molecule has 1 saturated heterocycles. The fourth-order valence-corrected chi connectivity index (χ4v) is 4.91. The SMILES string of the molecule is O=S1(=O)CCCC1Cn1c(CCl)nc2cc(F)c(Cl)cc21. The summed E-state index contributed by atoms with van der Waals surface area (Å²) in [6.07, 6.45) is 1.30. The van der Waals surface area contributed by atoms with Crippen LogP contribution in [0.1, 0.15) is 18.7 Å². The number of rotatable bonds is 3. The summed E-state index contributed by atoms with van der Waals surface area (Å²) in [6.45, 7) is 0.281. The van der Waals surface area contributed by atoms with Crippen LogP contribution in [0.25, 0.3) is 11.0 Å². The Morgan fingerprint density at radius 3 is 2.81 bits per heavy atom. The molecule has 1 aromatic heterocycles. The molecule has 0 radical (unpaired) electrons. The number of imidazole rings is 1. The van der Waals surface area contributed by atoms with E-state index >= 15 is 0 Å². The van der Waals surface area contributed by atoms with Crippen molar-refractivity contribution in [3.63, 3.8) is 0 Å². The van der Waals surface area contributed by atoms with Crippen LogP contribution in [0.2, 0.25) is 5.02 Å². The number of sulfone groups is 1. The van der Waals surface area contributed by atoms with Crippen LogP contribution in [-0.2, 0) is 22.3 Å². The van der Waals surface area contributed by atoms with Crippen molar-refractivity contribution in [3.8, 4) is 0 Å². The third-order valence-corrected chi connectivity index (χ3v) is 6.62. The Bertz CT molecular complexity index is 804. The van der Waals surface area contributed by atoms with Crippen LogP contribution < -0.4 is 0 Å². The van der Waals surface area contributed by atoms with E-state index in [1.165, 1.54) is 12.1 Å². The molecule has 1 aliphatic heterocycles. The van der Waals surface area contributed by atoms with Gasteiger partial charge in [0.05, 0.1) is 32.9 Å². The maximum atomic E-state index is 13.5. The van der Waals surface area contributed by atoms with Gasteiger partial charge >= 0.3 is 0 Å². The van der Waals surface area contributed by atoms with Crippen molar-refractivity contribution in [2.75, 3.05) is 5.75 Å². The first-order valence-corrected chi connectivity index (χ1v) is 9.17. The Balaban J connectivity index is 2.10. The van der Waals surface area contributed by atoms with E-state index in [2.05, 4.69) is 4.98 Å². The standard InChI is InChI=1S/C13H13Cl2FN2O2S/c14-6-13-17-11-5-10(16)9(15)4-12(11)18(13)7-8-2-1-3-21(8,19)20/h4-5,8H,1-3,6-7H2. The quantitative estimate of drug-likeness (QED) is 0.799. The average Bonchev–Trinajstić information content (AvgIpc) is 2.92. The van der Waals surface area contributed by atoms with Gasteiger partial charge in [0.25, 0.3) is 0 Å². The van der Waals surface area contributed by atoms with E-state index in [-0.39, 0.29) is 23.2 Å². The molecule has 0 bridgehead atoms. The molecule has 0 N–H and O–H groups in total. The summed E-state index contributed by atoms with van der Waals surface area (Å²) >= 11 is 11.7. The van der Waals surface area contributed by atoms with Crippen LogP contribution >= 0.6 is 23.2 Å². The largest absolute Gasteiger partial charge is 0.326 e. The van der Waals surface area contributed by atoms with Gasteiger partial charge in [-0.25, -0.2) is 17.8 Å². The van der Waals surface area contributed by atoms with E-state index in [1.807, 2.05) is 0 Å². The number of hydrogen-bond donors (Lipinski definition) is 0. The minimum Gasteiger partial charge on any atom is -0.326 e. The molecule has 114 valence electrons. The topological polar surface area (TPSA) is 52.0 Å². The van der Waals surface area contributed by atoms with Crippen molar-refractivity contribution in [2.45, 2.75) is 30.5 Å². The zero-order valence-electron chi connectivity index (χ0n) is 11.0. The number of aromatic nitrogens is 2. The summed E-state index contributed by atoms with van der Waals surface area (Å²) < 4.78 is 39.2. The highest BCUT2D eigenvalue weighted by atomic mass is 35.5. The summed E-state index contributed by atoms with van der Waals surface area (Å²) in [7, 11) is -3.07. The van der Waals surface area contributed by atoms with Gasteiger partial charge in [-0.05, 0) is 18.9 Å². The second-order valence-corrected chi connectivity index (χ2v) is 8.23. The molecule has 21 heavy (non-hydrogen) atoms. The lowest BCUT2D eigenvalue weighted by molar-refractivity contribution is 0.565. The van der Waals surface area contributed by atoms with Gasteiger partial charge in [0.15, 0.2) is 9.84 Å². The second-order valence-electron chi connectivity index (χ2n) is 5.16. The Morgan fingerprint density at radius 1 is 1.43 bits per heavy atom.